The maximum Gasteiger partial charge on any atom is 0.330 e. The second kappa shape index (κ2) is 16.6. The molecule has 0 aliphatic carbocycles. The molecule has 2 aliphatic heterocycles. The molecule has 12 nitrogen and oxygen atoms in total. The van der Waals surface area contributed by atoms with Crippen LogP contribution in [0.25, 0.3) is 0 Å². The number of aryl methyl sites for hydroxylation is 1. The van der Waals surface area contributed by atoms with Gasteiger partial charge in [-0.3, -0.25) is 14.3 Å². The Morgan fingerprint density at radius 1 is 0.944 bits per heavy atom. The number of aromatic nitrogens is 2. The van der Waals surface area contributed by atoms with Crippen LogP contribution in [0.1, 0.15) is 69.0 Å². The van der Waals surface area contributed by atoms with Gasteiger partial charge in [-0.25, -0.2) is 9.46 Å². The van der Waals surface area contributed by atoms with Crippen LogP contribution in [0.3, 0.4) is 0 Å². The van der Waals surface area contributed by atoms with Crippen molar-refractivity contribution < 1.29 is 28.0 Å². The van der Waals surface area contributed by atoms with Crippen LogP contribution in [0, 0.1) is 18.3 Å². The molecular weight excluding hydrogens is 707 g/mol. The summed E-state index contributed by atoms with van der Waals surface area (Å²) >= 11 is 0. The van der Waals surface area contributed by atoms with Crippen LogP contribution < -0.4 is 20.7 Å². The van der Waals surface area contributed by atoms with Crippen molar-refractivity contribution in [1.82, 2.24) is 14.2 Å². The Morgan fingerprint density at radius 2 is 1.52 bits per heavy atom. The molecule has 54 heavy (non-hydrogen) atoms. The summed E-state index contributed by atoms with van der Waals surface area (Å²) in [5, 5.41) is 9.41. The zero-order chi connectivity index (χ0) is 38.6. The first kappa shape index (κ1) is 39.4. The van der Waals surface area contributed by atoms with E-state index in [-0.39, 0.29) is 31.7 Å². The maximum atomic E-state index is 13.5. The van der Waals surface area contributed by atoms with E-state index in [0.29, 0.717) is 23.5 Å². The summed E-state index contributed by atoms with van der Waals surface area (Å²) < 4.78 is 42.2. The highest BCUT2D eigenvalue weighted by Crippen LogP contribution is 2.59. The molecule has 2 bridgehead atoms. The van der Waals surface area contributed by atoms with Gasteiger partial charge in [-0.15, -0.1) is 0 Å². The first-order valence-electron chi connectivity index (χ1n) is 18.2. The quantitative estimate of drug-likeness (QED) is 0.0755. The van der Waals surface area contributed by atoms with E-state index in [4.69, 9.17) is 28.0 Å². The van der Waals surface area contributed by atoms with Crippen LogP contribution in [0.2, 0.25) is 0 Å². The second-order valence-electron chi connectivity index (χ2n) is 14.3. The number of rotatable bonds is 16. The van der Waals surface area contributed by atoms with Crippen molar-refractivity contribution in [3.63, 3.8) is 0 Å². The van der Waals surface area contributed by atoms with Crippen LogP contribution in [0.15, 0.2) is 94.6 Å². The zero-order valence-electron chi connectivity index (χ0n) is 31.9. The van der Waals surface area contributed by atoms with Crippen molar-refractivity contribution in [3.8, 4) is 17.6 Å². The Labute approximate surface area is 317 Å². The van der Waals surface area contributed by atoms with E-state index < -0.39 is 49.2 Å². The molecule has 13 heteroatoms. The van der Waals surface area contributed by atoms with E-state index in [1.54, 1.807) is 21.1 Å². The summed E-state index contributed by atoms with van der Waals surface area (Å²) in [5.41, 5.74) is 0.198. The lowest BCUT2D eigenvalue weighted by Crippen LogP contribution is -2.49. The number of nitrogens with zero attached hydrogens (tertiary/aromatic N) is 3. The van der Waals surface area contributed by atoms with Crippen molar-refractivity contribution in [2.24, 2.45) is 0 Å². The third kappa shape index (κ3) is 7.50. The number of nitriles is 1. The molecule has 5 atom stereocenters. The topological polar surface area (TPSA) is 137 Å². The van der Waals surface area contributed by atoms with Gasteiger partial charge in [0.05, 0.1) is 39.9 Å². The number of hydrogen-bond donors (Lipinski definition) is 1. The Kier molecular flexibility index (Phi) is 12.1. The van der Waals surface area contributed by atoms with Crippen LogP contribution in [0.5, 0.6) is 11.5 Å². The normalized spacial score (nSPS) is 21.5. The second-order valence-corrected chi connectivity index (χ2v) is 15.7. The number of benzene rings is 3. The molecular formula is C41H49N4O8P. The molecule has 1 N–H and O–H groups in total. The van der Waals surface area contributed by atoms with Gasteiger partial charge in [0.1, 0.15) is 29.3 Å². The third-order valence-electron chi connectivity index (χ3n) is 10.3. The summed E-state index contributed by atoms with van der Waals surface area (Å²) in [6.45, 7) is 10.3. The highest BCUT2D eigenvalue weighted by molar-refractivity contribution is 7.44. The summed E-state index contributed by atoms with van der Waals surface area (Å²) in [6, 6.07) is 28.5. The predicted molar refractivity (Wildman–Crippen MR) is 206 cm³/mol. The minimum Gasteiger partial charge on any atom is -0.497 e. The van der Waals surface area contributed by atoms with E-state index in [1.165, 1.54) is 10.8 Å². The lowest BCUT2D eigenvalue weighted by molar-refractivity contribution is -0.180. The lowest BCUT2D eigenvalue weighted by atomic mass is 9.63. The van der Waals surface area contributed by atoms with Gasteiger partial charge in [0.2, 0.25) is 0 Å². The summed E-state index contributed by atoms with van der Waals surface area (Å²) in [4.78, 5) is 28.4. The molecule has 1 unspecified atom stereocenters. The number of fused-ring (bicyclic) bond motifs is 2. The van der Waals surface area contributed by atoms with Crippen LogP contribution >= 0.6 is 8.53 Å². The molecule has 2 saturated heterocycles. The molecule has 6 rings (SSSR count). The molecule has 1 aromatic heterocycles. The molecule has 2 aliphatic rings. The van der Waals surface area contributed by atoms with E-state index in [9.17, 15) is 14.9 Å². The van der Waals surface area contributed by atoms with Gasteiger partial charge in [-0.1, -0.05) is 54.6 Å². The molecule has 2 fully saturated rings. The molecule has 0 spiro atoms. The highest BCUT2D eigenvalue weighted by atomic mass is 31.2. The van der Waals surface area contributed by atoms with E-state index in [0.717, 1.165) is 16.7 Å². The van der Waals surface area contributed by atoms with Crippen LogP contribution in [-0.4, -0.2) is 71.5 Å². The standard InChI is InChI=1S/C41H49N4O8P/c1-27(2)45(28(3)4)54(51-23-11-22-42)53-36-35-38(44-24-29(5)37(46)43-39(44)47)52-40(36,26-50-35)25-41(30-12-9-8-10-13-30,31-14-18-33(48-6)19-15-31)32-16-20-34(49-7)21-17-32/h8-10,12-21,24,27-28,35-36,38H,11,23,25-26H2,1-7H3,(H,43,46,47)/t35-,36+,38-,40-,54?/m1/s1. The first-order chi connectivity index (χ1) is 26.0. The van der Waals surface area contributed by atoms with Crippen molar-refractivity contribution in [2.75, 3.05) is 27.4 Å². The lowest BCUT2D eigenvalue weighted by Gasteiger charge is -2.44. The number of ether oxygens (including phenoxy) is 4. The summed E-state index contributed by atoms with van der Waals surface area (Å²) in [6.07, 6.45) is -0.400. The Balaban J connectivity index is 1.58. The number of methoxy groups -OCH3 is 2. The zero-order valence-corrected chi connectivity index (χ0v) is 32.7. The van der Waals surface area contributed by atoms with Gasteiger partial charge in [-0.2, -0.15) is 5.26 Å². The molecule has 0 saturated carbocycles. The van der Waals surface area contributed by atoms with Crippen LogP contribution in [-0.2, 0) is 23.9 Å². The molecule has 3 heterocycles. The number of H-pyrrole nitrogens is 1. The molecule has 0 amide bonds. The monoisotopic (exact) mass is 756 g/mol. The van der Waals surface area contributed by atoms with Gasteiger partial charge in [0, 0.05) is 29.3 Å². The predicted octanol–water partition coefficient (Wildman–Crippen LogP) is 6.61. The average molecular weight is 757 g/mol. The first-order valence-corrected chi connectivity index (χ1v) is 19.3. The van der Waals surface area contributed by atoms with E-state index >= 15 is 0 Å². The molecule has 0 radical (unpaired) electrons. The third-order valence-corrected chi connectivity index (χ3v) is 12.4. The van der Waals surface area contributed by atoms with Gasteiger partial charge >= 0.3 is 5.69 Å². The number of nitrogens with one attached hydrogen (secondary N) is 1. The molecule has 4 aromatic rings. The molecule has 286 valence electrons. The van der Waals surface area contributed by atoms with E-state index in [1.807, 2.05) is 42.5 Å². The fourth-order valence-corrected chi connectivity index (χ4v) is 9.62. The van der Waals surface area contributed by atoms with Gasteiger partial charge < -0.3 is 28.0 Å². The van der Waals surface area contributed by atoms with Crippen molar-refractivity contribution in [1.29, 1.82) is 5.26 Å². The summed E-state index contributed by atoms with van der Waals surface area (Å²) in [5.74, 6) is 1.43. The van der Waals surface area contributed by atoms with Crippen molar-refractivity contribution in [2.45, 2.75) is 89.0 Å². The number of hydrogen-bond acceptors (Lipinski definition) is 10. The smallest absolute Gasteiger partial charge is 0.330 e. The minimum atomic E-state index is -1.75. The van der Waals surface area contributed by atoms with E-state index in [2.05, 4.69) is 79.8 Å². The van der Waals surface area contributed by atoms with Gasteiger partial charge in [0.15, 0.2) is 6.23 Å². The highest BCUT2D eigenvalue weighted by Gasteiger charge is 2.66. The fraction of sp³-hybridized carbons (Fsp3) is 0.439. The van der Waals surface area contributed by atoms with Crippen LogP contribution in [0.4, 0.5) is 0 Å². The average Bonchev–Trinajstić information content (AvgIpc) is 3.66. The van der Waals surface area contributed by atoms with Gasteiger partial charge in [0.25, 0.3) is 14.1 Å². The summed E-state index contributed by atoms with van der Waals surface area (Å²) in [7, 11) is 1.53. The molecule has 3 aromatic carbocycles. The minimum absolute atomic E-state index is 0.0392. The Hall–Kier alpha value is -4.34. The Bertz CT molecular complexity index is 1970. The Morgan fingerprint density at radius 3 is 2.06 bits per heavy atom. The van der Waals surface area contributed by atoms with Gasteiger partial charge in [-0.05, 0) is 82.0 Å². The van der Waals surface area contributed by atoms with Crippen molar-refractivity contribution in [3.05, 3.63) is 128 Å². The largest absolute Gasteiger partial charge is 0.497 e. The SMILES string of the molecule is COc1ccc(C(C[C@]23CO[C@@H]([C@H](n4cc(C)c(=O)[nH]c4=O)O2)[C@@H]3OP(OCCC#N)N(C(C)C)C(C)C)(c2ccccc2)c2ccc(OC)cc2)cc1. The maximum absolute atomic E-state index is 13.5. The number of aromatic amines is 1. The van der Waals surface area contributed by atoms with Crippen molar-refractivity contribution >= 4 is 8.53 Å². The fourth-order valence-electron chi connectivity index (χ4n) is 7.81.